The van der Waals surface area contributed by atoms with Crippen LogP contribution in [0, 0.1) is 0 Å². The molecule has 1 rings (SSSR count). The second kappa shape index (κ2) is 5.07. The number of imidazole rings is 1. The van der Waals surface area contributed by atoms with Crippen LogP contribution in [0.4, 0.5) is 13.2 Å². The standard InChI is InChI=1S/C5H6N2O.CHF3O3S/c1-7-4-6-2-5(7)3-8;2-1(3,4)8(5,6)7/h2-4H,1H3;(H,5,6,7). The van der Waals surface area contributed by atoms with E-state index in [0.717, 1.165) is 6.29 Å². The average Bonchev–Trinajstić information content (AvgIpc) is 2.48. The Morgan fingerprint density at radius 3 is 2.06 bits per heavy atom. The van der Waals surface area contributed by atoms with Gasteiger partial charge in [-0.25, -0.2) is 4.98 Å². The fourth-order valence-electron chi connectivity index (χ4n) is 0.481. The van der Waals surface area contributed by atoms with Crippen molar-refractivity contribution in [2.75, 3.05) is 0 Å². The van der Waals surface area contributed by atoms with E-state index < -0.39 is 15.6 Å². The van der Waals surface area contributed by atoms with Gasteiger partial charge in [0.25, 0.3) is 0 Å². The molecule has 0 spiro atoms. The van der Waals surface area contributed by atoms with Crippen LogP contribution in [0.15, 0.2) is 12.5 Å². The Balaban J connectivity index is 0.000000281. The Kier molecular flexibility index (Phi) is 4.62. The summed E-state index contributed by atoms with van der Waals surface area (Å²) in [6.07, 6.45) is 3.88. The third-order valence-corrected chi connectivity index (χ3v) is 1.85. The molecule has 0 atom stereocenters. The van der Waals surface area contributed by atoms with Gasteiger partial charge in [-0.05, 0) is 0 Å². The van der Waals surface area contributed by atoms with E-state index in [-0.39, 0.29) is 0 Å². The van der Waals surface area contributed by atoms with Crippen LogP contribution in [0.1, 0.15) is 10.5 Å². The van der Waals surface area contributed by atoms with Crippen LogP contribution in [-0.4, -0.2) is 34.3 Å². The van der Waals surface area contributed by atoms with E-state index in [1.807, 2.05) is 0 Å². The molecule has 1 aromatic rings. The number of carbonyl (C=O) groups is 1. The average molecular weight is 260 g/mol. The normalized spacial score (nSPS) is 11.6. The lowest BCUT2D eigenvalue weighted by Gasteiger charge is -1.97. The van der Waals surface area contributed by atoms with E-state index in [2.05, 4.69) is 4.98 Å². The van der Waals surface area contributed by atoms with Crippen molar-refractivity contribution in [2.45, 2.75) is 5.51 Å². The van der Waals surface area contributed by atoms with Crippen molar-refractivity contribution < 1.29 is 30.9 Å². The molecule has 0 saturated heterocycles. The molecule has 0 saturated carbocycles. The van der Waals surface area contributed by atoms with Crippen LogP contribution in [0.5, 0.6) is 0 Å². The molecule has 0 bridgehead atoms. The van der Waals surface area contributed by atoms with E-state index in [9.17, 15) is 18.0 Å². The topological polar surface area (TPSA) is 89.3 Å². The van der Waals surface area contributed by atoms with Gasteiger partial charge >= 0.3 is 15.6 Å². The van der Waals surface area contributed by atoms with Gasteiger partial charge in [-0.15, -0.1) is 0 Å². The zero-order valence-electron chi connectivity index (χ0n) is 7.84. The molecule has 0 aromatic carbocycles. The molecule has 0 amide bonds. The fraction of sp³-hybridized carbons (Fsp3) is 0.333. The van der Waals surface area contributed by atoms with Gasteiger partial charge in [0, 0.05) is 7.05 Å². The first-order chi connectivity index (χ1) is 7.09. The minimum atomic E-state index is -5.84. The van der Waals surface area contributed by atoms with Crippen LogP contribution < -0.4 is 0 Å². The number of nitrogens with zero attached hydrogens (tertiary/aromatic N) is 2. The van der Waals surface area contributed by atoms with Crippen molar-refractivity contribution in [1.82, 2.24) is 9.55 Å². The summed E-state index contributed by atoms with van der Waals surface area (Å²) in [6, 6.07) is 0. The maximum absolute atomic E-state index is 10.7. The van der Waals surface area contributed by atoms with Gasteiger partial charge in [-0.3, -0.25) is 9.35 Å². The van der Waals surface area contributed by atoms with Gasteiger partial charge in [-0.1, -0.05) is 0 Å². The minimum Gasteiger partial charge on any atom is -0.332 e. The van der Waals surface area contributed by atoms with Gasteiger partial charge in [0.15, 0.2) is 6.29 Å². The molecule has 6 nitrogen and oxygen atoms in total. The van der Waals surface area contributed by atoms with Crippen molar-refractivity contribution in [3.63, 3.8) is 0 Å². The van der Waals surface area contributed by atoms with Crippen LogP contribution in [0.2, 0.25) is 0 Å². The number of aromatic nitrogens is 2. The van der Waals surface area contributed by atoms with Crippen molar-refractivity contribution in [2.24, 2.45) is 7.05 Å². The largest absolute Gasteiger partial charge is 0.522 e. The lowest BCUT2D eigenvalue weighted by atomic mass is 10.5. The molecule has 0 aliphatic carbocycles. The lowest BCUT2D eigenvalue weighted by Crippen LogP contribution is -2.21. The molecule has 0 aliphatic rings. The summed E-state index contributed by atoms with van der Waals surface area (Å²) in [5.74, 6) is 0. The number of rotatable bonds is 1. The Morgan fingerprint density at radius 1 is 1.50 bits per heavy atom. The number of hydrogen-bond donors (Lipinski definition) is 1. The first-order valence-corrected chi connectivity index (χ1v) is 4.99. The second-order valence-corrected chi connectivity index (χ2v) is 3.88. The van der Waals surface area contributed by atoms with Crippen LogP contribution >= 0.6 is 0 Å². The number of halogens is 3. The molecule has 1 heterocycles. The van der Waals surface area contributed by atoms with E-state index in [0.29, 0.717) is 5.69 Å². The predicted octanol–water partition coefficient (Wildman–Crippen LogP) is 0.627. The summed E-state index contributed by atoms with van der Waals surface area (Å²) in [4.78, 5) is 13.8. The summed E-state index contributed by atoms with van der Waals surface area (Å²) in [5, 5.41) is 0. The fourth-order valence-corrected chi connectivity index (χ4v) is 0.481. The van der Waals surface area contributed by atoms with Crippen molar-refractivity contribution in [3.8, 4) is 0 Å². The van der Waals surface area contributed by atoms with E-state index in [1.165, 1.54) is 6.20 Å². The van der Waals surface area contributed by atoms with Crippen molar-refractivity contribution in [3.05, 3.63) is 18.2 Å². The SMILES string of the molecule is Cn1cncc1C=O.O=S(=O)(O)C(F)(F)F. The summed E-state index contributed by atoms with van der Waals surface area (Å²) in [7, 11) is -4.07. The van der Waals surface area contributed by atoms with Crippen molar-refractivity contribution >= 4 is 16.4 Å². The Labute approximate surface area is 88.5 Å². The van der Waals surface area contributed by atoms with Gasteiger partial charge in [0.05, 0.1) is 12.5 Å². The zero-order chi connectivity index (χ0) is 13.0. The maximum atomic E-state index is 10.7. The van der Waals surface area contributed by atoms with E-state index in [1.54, 1.807) is 17.9 Å². The van der Waals surface area contributed by atoms with Crippen LogP contribution in [-0.2, 0) is 17.2 Å². The predicted molar refractivity (Wildman–Crippen MR) is 46.2 cm³/mol. The first-order valence-electron chi connectivity index (χ1n) is 3.55. The summed E-state index contributed by atoms with van der Waals surface area (Å²) >= 11 is 0. The Bertz CT molecular complexity index is 451. The molecule has 1 aromatic heterocycles. The highest BCUT2D eigenvalue weighted by Crippen LogP contribution is 2.20. The third kappa shape index (κ3) is 4.40. The molecular formula is C6H7F3N2O4S. The minimum absolute atomic E-state index is 0.602. The monoisotopic (exact) mass is 260 g/mol. The van der Waals surface area contributed by atoms with Gasteiger partial charge < -0.3 is 4.57 Å². The summed E-state index contributed by atoms with van der Waals surface area (Å²) < 4.78 is 59.2. The summed E-state index contributed by atoms with van der Waals surface area (Å²) in [5.41, 5.74) is -4.93. The molecule has 1 N–H and O–H groups in total. The Morgan fingerprint density at radius 2 is 1.94 bits per heavy atom. The Hall–Kier alpha value is -1.42. The summed E-state index contributed by atoms with van der Waals surface area (Å²) in [6.45, 7) is 0. The number of hydrogen-bond acceptors (Lipinski definition) is 4. The quantitative estimate of drug-likeness (QED) is 0.454. The van der Waals surface area contributed by atoms with E-state index >= 15 is 0 Å². The van der Waals surface area contributed by atoms with Crippen molar-refractivity contribution in [1.29, 1.82) is 0 Å². The number of carbonyl (C=O) groups excluding carboxylic acids is 1. The van der Waals surface area contributed by atoms with Gasteiger partial charge in [0.2, 0.25) is 0 Å². The molecule has 10 heteroatoms. The molecule has 0 fully saturated rings. The molecular weight excluding hydrogens is 253 g/mol. The highest BCUT2D eigenvalue weighted by Gasteiger charge is 2.44. The molecule has 0 aliphatic heterocycles. The van der Waals surface area contributed by atoms with E-state index in [4.69, 9.17) is 13.0 Å². The van der Waals surface area contributed by atoms with Crippen LogP contribution in [0.3, 0.4) is 0 Å². The number of alkyl halides is 3. The molecule has 0 unspecified atom stereocenters. The molecule has 16 heavy (non-hydrogen) atoms. The first kappa shape index (κ1) is 14.6. The zero-order valence-corrected chi connectivity index (χ0v) is 8.66. The smallest absolute Gasteiger partial charge is 0.332 e. The lowest BCUT2D eigenvalue weighted by molar-refractivity contribution is -0.0510. The third-order valence-electron chi connectivity index (χ3n) is 1.27. The number of aldehydes is 1. The van der Waals surface area contributed by atoms with Gasteiger partial charge in [-0.2, -0.15) is 21.6 Å². The highest BCUT2D eigenvalue weighted by atomic mass is 32.2. The molecule has 92 valence electrons. The highest BCUT2D eigenvalue weighted by molar-refractivity contribution is 7.86. The van der Waals surface area contributed by atoms with Gasteiger partial charge in [0.1, 0.15) is 5.69 Å². The second-order valence-electron chi connectivity index (χ2n) is 2.47. The van der Waals surface area contributed by atoms with Crippen LogP contribution in [0.25, 0.3) is 0 Å². The molecule has 0 radical (unpaired) electrons. The number of aryl methyl sites for hydroxylation is 1. The maximum Gasteiger partial charge on any atom is 0.522 e.